The fourth-order valence-corrected chi connectivity index (χ4v) is 1.67. The molecule has 1 aromatic rings. The first-order valence-electron chi connectivity index (χ1n) is 6.88. The third-order valence-corrected chi connectivity index (χ3v) is 2.93. The van der Waals surface area contributed by atoms with Crippen LogP contribution < -0.4 is 10.1 Å². The number of ether oxygens (including phenoxy) is 1. The molecule has 0 spiro atoms. The van der Waals surface area contributed by atoms with E-state index < -0.39 is 5.82 Å². The highest BCUT2D eigenvalue weighted by molar-refractivity contribution is 5.75. The van der Waals surface area contributed by atoms with E-state index in [1.54, 1.807) is 12.1 Å². The lowest BCUT2D eigenvalue weighted by Gasteiger charge is -2.09. The van der Waals surface area contributed by atoms with Gasteiger partial charge in [0.05, 0.1) is 13.0 Å². The molecule has 1 unspecified atom stereocenters. The summed E-state index contributed by atoms with van der Waals surface area (Å²) in [5.41, 5.74) is 0. The summed E-state index contributed by atoms with van der Waals surface area (Å²) in [5.74, 6) is -0.114. The van der Waals surface area contributed by atoms with Crippen LogP contribution in [0.15, 0.2) is 24.3 Å². The summed E-state index contributed by atoms with van der Waals surface area (Å²) in [6, 6.07) is 6.12. The van der Waals surface area contributed by atoms with Crippen molar-refractivity contribution in [3.05, 3.63) is 30.1 Å². The van der Waals surface area contributed by atoms with E-state index in [-0.39, 0.29) is 37.2 Å². The van der Waals surface area contributed by atoms with Gasteiger partial charge in [-0.3, -0.25) is 4.79 Å². The molecule has 0 saturated carbocycles. The van der Waals surface area contributed by atoms with Crippen LogP contribution in [0.25, 0.3) is 0 Å². The predicted molar refractivity (Wildman–Crippen MR) is 75.0 cm³/mol. The van der Waals surface area contributed by atoms with Crippen molar-refractivity contribution in [2.45, 2.75) is 26.2 Å². The number of aliphatic hydroxyl groups excluding tert-OH is 1. The number of carbonyl (C=O) groups excluding carboxylic acids is 1. The van der Waals surface area contributed by atoms with Crippen molar-refractivity contribution >= 4 is 5.91 Å². The zero-order valence-corrected chi connectivity index (χ0v) is 11.8. The maximum absolute atomic E-state index is 13.2. The van der Waals surface area contributed by atoms with Crippen LogP contribution in [-0.2, 0) is 4.79 Å². The number of nitrogens with one attached hydrogen (secondary N) is 1. The molecule has 4 nitrogen and oxygen atoms in total. The molecule has 2 N–H and O–H groups in total. The van der Waals surface area contributed by atoms with E-state index in [4.69, 9.17) is 9.84 Å². The minimum absolute atomic E-state index is 0.113. The fourth-order valence-electron chi connectivity index (χ4n) is 1.67. The van der Waals surface area contributed by atoms with Crippen molar-refractivity contribution in [3.63, 3.8) is 0 Å². The van der Waals surface area contributed by atoms with Crippen LogP contribution in [0.2, 0.25) is 0 Å². The molecule has 0 saturated heterocycles. The molecule has 0 aliphatic carbocycles. The normalized spacial score (nSPS) is 11.9. The lowest BCUT2D eigenvalue weighted by Crippen LogP contribution is -2.26. The average molecular weight is 283 g/mol. The number of benzene rings is 1. The lowest BCUT2D eigenvalue weighted by atomic mass is 10.1. The number of rotatable bonds is 9. The van der Waals surface area contributed by atoms with Crippen molar-refractivity contribution in [2.75, 3.05) is 19.8 Å². The van der Waals surface area contributed by atoms with Gasteiger partial charge < -0.3 is 15.2 Å². The first kappa shape index (κ1) is 16.4. The summed E-state index contributed by atoms with van der Waals surface area (Å²) in [6.45, 7) is 2.87. The molecule has 0 radical (unpaired) electrons. The van der Waals surface area contributed by atoms with Crippen LogP contribution in [0.4, 0.5) is 4.39 Å². The number of para-hydroxylation sites is 1. The highest BCUT2D eigenvalue weighted by Crippen LogP contribution is 2.15. The van der Waals surface area contributed by atoms with Crippen LogP contribution in [0.5, 0.6) is 5.75 Å². The molecule has 5 heteroatoms. The second-order valence-electron chi connectivity index (χ2n) is 4.81. The van der Waals surface area contributed by atoms with Gasteiger partial charge in [0.25, 0.3) is 0 Å². The van der Waals surface area contributed by atoms with E-state index in [9.17, 15) is 9.18 Å². The van der Waals surface area contributed by atoms with E-state index in [1.807, 2.05) is 6.92 Å². The number of aliphatic hydroxyl groups is 1. The number of halogens is 1. The Hall–Kier alpha value is -1.62. The molecule has 0 aliphatic rings. The van der Waals surface area contributed by atoms with E-state index in [2.05, 4.69) is 5.32 Å². The maximum Gasteiger partial charge on any atom is 0.223 e. The second-order valence-corrected chi connectivity index (χ2v) is 4.81. The molecule has 0 fully saturated rings. The summed E-state index contributed by atoms with van der Waals surface area (Å²) >= 11 is 0. The molecule has 0 aliphatic heterocycles. The standard InChI is InChI=1S/C15H22FNO3/c1-12(11-18)5-4-9-17-15(19)8-10-20-14-7-3-2-6-13(14)16/h2-3,6-7,12,18H,4-5,8-11H2,1H3,(H,17,19). The molecule has 1 rings (SSSR count). The third kappa shape index (κ3) is 6.52. The van der Waals surface area contributed by atoms with Gasteiger partial charge in [0, 0.05) is 13.2 Å². The SMILES string of the molecule is CC(CO)CCCNC(=O)CCOc1ccccc1F. The van der Waals surface area contributed by atoms with E-state index >= 15 is 0 Å². The van der Waals surface area contributed by atoms with E-state index in [1.165, 1.54) is 12.1 Å². The number of amides is 1. The Kier molecular flexibility index (Phi) is 7.65. The van der Waals surface area contributed by atoms with Gasteiger partial charge in [0.2, 0.25) is 5.91 Å². The first-order chi connectivity index (χ1) is 9.63. The average Bonchev–Trinajstić information content (AvgIpc) is 2.45. The van der Waals surface area contributed by atoms with E-state index in [0.717, 1.165) is 12.8 Å². The van der Waals surface area contributed by atoms with Crippen LogP contribution in [0.1, 0.15) is 26.2 Å². The Balaban J connectivity index is 2.10. The summed E-state index contributed by atoms with van der Waals surface area (Å²) in [4.78, 5) is 11.5. The topological polar surface area (TPSA) is 58.6 Å². The fraction of sp³-hybridized carbons (Fsp3) is 0.533. The molecule has 1 atom stereocenters. The number of hydrogen-bond donors (Lipinski definition) is 2. The van der Waals surface area contributed by atoms with Gasteiger partial charge >= 0.3 is 0 Å². The minimum Gasteiger partial charge on any atom is -0.490 e. The molecular weight excluding hydrogens is 261 g/mol. The lowest BCUT2D eigenvalue weighted by molar-refractivity contribution is -0.121. The van der Waals surface area contributed by atoms with Crippen LogP contribution in [-0.4, -0.2) is 30.8 Å². The minimum atomic E-state index is -0.425. The first-order valence-corrected chi connectivity index (χ1v) is 6.88. The molecule has 0 aromatic heterocycles. The van der Waals surface area contributed by atoms with Gasteiger partial charge in [-0.05, 0) is 30.9 Å². The summed E-state index contributed by atoms with van der Waals surface area (Å²) < 4.78 is 18.4. The molecule has 20 heavy (non-hydrogen) atoms. The highest BCUT2D eigenvalue weighted by Gasteiger charge is 2.05. The monoisotopic (exact) mass is 283 g/mol. The summed E-state index contributed by atoms with van der Waals surface area (Å²) in [5, 5.41) is 11.6. The zero-order valence-electron chi connectivity index (χ0n) is 11.8. The maximum atomic E-state index is 13.2. The number of carbonyl (C=O) groups is 1. The van der Waals surface area contributed by atoms with Gasteiger partial charge in [0.15, 0.2) is 11.6 Å². The third-order valence-electron chi connectivity index (χ3n) is 2.93. The largest absolute Gasteiger partial charge is 0.490 e. The van der Waals surface area contributed by atoms with Gasteiger partial charge in [-0.25, -0.2) is 4.39 Å². The molecular formula is C15H22FNO3. The van der Waals surface area contributed by atoms with E-state index in [0.29, 0.717) is 6.54 Å². The summed E-state index contributed by atoms with van der Waals surface area (Å²) in [6.07, 6.45) is 1.91. The van der Waals surface area contributed by atoms with Crippen molar-refractivity contribution in [1.29, 1.82) is 0 Å². The van der Waals surface area contributed by atoms with Crippen LogP contribution >= 0.6 is 0 Å². The Morgan fingerprint density at radius 3 is 2.90 bits per heavy atom. The van der Waals surface area contributed by atoms with Crippen LogP contribution in [0, 0.1) is 11.7 Å². The second kappa shape index (κ2) is 9.31. The van der Waals surface area contributed by atoms with Crippen molar-refractivity contribution in [3.8, 4) is 5.75 Å². The molecule has 0 heterocycles. The Morgan fingerprint density at radius 2 is 2.20 bits per heavy atom. The predicted octanol–water partition coefficient (Wildman–Crippen LogP) is 2.12. The Morgan fingerprint density at radius 1 is 1.45 bits per heavy atom. The zero-order chi connectivity index (χ0) is 14.8. The quantitative estimate of drug-likeness (QED) is 0.682. The van der Waals surface area contributed by atoms with Gasteiger partial charge in [-0.1, -0.05) is 19.1 Å². The Bertz CT molecular complexity index is 412. The van der Waals surface area contributed by atoms with Crippen molar-refractivity contribution < 1.29 is 19.0 Å². The smallest absolute Gasteiger partial charge is 0.223 e. The molecule has 112 valence electrons. The molecule has 1 amide bonds. The highest BCUT2D eigenvalue weighted by atomic mass is 19.1. The van der Waals surface area contributed by atoms with Gasteiger partial charge in [-0.15, -0.1) is 0 Å². The Labute approximate surface area is 119 Å². The van der Waals surface area contributed by atoms with Crippen LogP contribution in [0.3, 0.4) is 0 Å². The number of hydrogen-bond acceptors (Lipinski definition) is 3. The van der Waals surface area contributed by atoms with Gasteiger partial charge in [0.1, 0.15) is 0 Å². The van der Waals surface area contributed by atoms with Crippen molar-refractivity contribution in [1.82, 2.24) is 5.32 Å². The molecule has 1 aromatic carbocycles. The summed E-state index contributed by atoms with van der Waals surface area (Å²) in [7, 11) is 0. The van der Waals surface area contributed by atoms with Crippen molar-refractivity contribution in [2.24, 2.45) is 5.92 Å². The molecule has 0 bridgehead atoms. The van der Waals surface area contributed by atoms with Gasteiger partial charge in [-0.2, -0.15) is 0 Å².